The van der Waals surface area contributed by atoms with Crippen LogP contribution in [0.3, 0.4) is 0 Å². The Kier molecular flexibility index (Phi) is 6.03. The van der Waals surface area contributed by atoms with Gasteiger partial charge in [0.25, 0.3) is 5.91 Å². The molecule has 1 fully saturated rings. The molecule has 2 aliphatic heterocycles. The first-order valence-corrected chi connectivity index (χ1v) is 9.04. The number of fused-ring (bicyclic) bond motifs is 1. The van der Waals surface area contributed by atoms with Gasteiger partial charge < -0.3 is 10.1 Å². The highest BCUT2D eigenvalue weighted by atomic mass is 35.6. The molecule has 2 aliphatic rings. The maximum absolute atomic E-state index is 12.4. The lowest BCUT2D eigenvalue weighted by Gasteiger charge is -2.49. The summed E-state index contributed by atoms with van der Waals surface area (Å²) in [5, 5.41) is 2.05. The van der Waals surface area contributed by atoms with Crippen LogP contribution >= 0.6 is 58.2 Å². The SMILES string of the molecule is CC(=O)NC1C(=O)N2C(C(=O)OCC(Cl)(Cl)Cl)=C(C)C(=CCl)S[C@@H]12. The molecule has 2 heterocycles. The van der Waals surface area contributed by atoms with E-state index in [0.717, 1.165) is 0 Å². The van der Waals surface area contributed by atoms with E-state index in [-0.39, 0.29) is 11.6 Å². The van der Waals surface area contributed by atoms with Gasteiger partial charge in [0.15, 0.2) is 0 Å². The van der Waals surface area contributed by atoms with Crippen molar-refractivity contribution in [3.05, 3.63) is 21.7 Å². The second kappa shape index (κ2) is 7.33. The van der Waals surface area contributed by atoms with E-state index in [0.29, 0.717) is 10.5 Å². The van der Waals surface area contributed by atoms with Crippen LogP contribution in [0.1, 0.15) is 13.8 Å². The second-order valence-electron chi connectivity index (χ2n) is 5.03. The first-order valence-electron chi connectivity index (χ1n) is 6.59. The Labute approximate surface area is 162 Å². The van der Waals surface area contributed by atoms with Gasteiger partial charge in [-0.2, -0.15) is 0 Å². The van der Waals surface area contributed by atoms with Crippen molar-refractivity contribution >= 4 is 75.9 Å². The number of alkyl halides is 3. The van der Waals surface area contributed by atoms with Crippen LogP contribution in [-0.4, -0.2) is 44.5 Å². The number of halogens is 4. The summed E-state index contributed by atoms with van der Waals surface area (Å²) in [6.45, 7) is 2.46. The molecule has 2 rings (SSSR count). The first-order chi connectivity index (χ1) is 11.1. The number of nitrogens with one attached hydrogen (secondary N) is 1. The van der Waals surface area contributed by atoms with Crippen molar-refractivity contribution < 1.29 is 19.1 Å². The van der Waals surface area contributed by atoms with Gasteiger partial charge in [-0.25, -0.2) is 4.79 Å². The number of hydrogen-bond acceptors (Lipinski definition) is 5. The van der Waals surface area contributed by atoms with Crippen LogP contribution < -0.4 is 5.32 Å². The third-order valence-electron chi connectivity index (χ3n) is 3.27. The van der Waals surface area contributed by atoms with E-state index in [1.165, 1.54) is 29.1 Å². The minimum Gasteiger partial charge on any atom is -0.456 e. The lowest BCUT2D eigenvalue weighted by Crippen LogP contribution is -2.70. The monoisotopic (exact) mass is 432 g/mol. The van der Waals surface area contributed by atoms with Crippen LogP contribution in [0.5, 0.6) is 0 Å². The van der Waals surface area contributed by atoms with Gasteiger partial charge in [0.2, 0.25) is 9.70 Å². The molecule has 0 radical (unpaired) electrons. The predicted octanol–water partition coefficient (Wildman–Crippen LogP) is 2.67. The molecule has 132 valence electrons. The zero-order valence-corrected chi connectivity index (χ0v) is 16.3. The third-order valence-corrected chi connectivity index (χ3v) is 5.35. The van der Waals surface area contributed by atoms with Gasteiger partial charge in [0, 0.05) is 17.4 Å². The van der Waals surface area contributed by atoms with Crippen LogP contribution in [0.15, 0.2) is 21.7 Å². The second-order valence-corrected chi connectivity index (χ2v) is 8.93. The first kappa shape index (κ1) is 19.7. The summed E-state index contributed by atoms with van der Waals surface area (Å²) in [6.07, 6.45) is 0. The van der Waals surface area contributed by atoms with Gasteiger partial charge in [-0.3, -0.25) is 14.5 Å². The van der Waals surface area contributed by atoms with Gasteiger partial charge >= 0.3 is 5.97 Å². The van der Waals surface area contributed by atoms with Crippen molar-refractivity contribution in [3.63, 3.8) is 0 Å². The number of β-lactam (4-membered cyclic amide) rings is 1. The number of amides is 2. The van der Waals surface area contributed by atoms with E-state index in [4.69, 9.17) is 51.1 Å². The molecule has 1 unspecified atom stereocenters. The molecule has 0 aromatic heterocycles. The molecule has 0 aromatic carbocycles. The molecule has 2 amide bonds. The quantitative estimate of drug-likeness (QED) is 0.420. The highest BCUT2D eigenvalue weighted by Crippen LogP contribution is 2.46. The number of esters is 1. The zero-order chi connectivity index (χ0) is 18.2. The molecular weight excluding hydrogens is 422 g/mol. The van der Waals surface area contributed by atoms with E-state index in [1.54, 1.807) is 6.92 Å². The number of thioether (sulfide) groups is 1. The van der Waals surface area contributed by atoms with Crippen LogP contribution in [0, 0.1) is 0 Å². The number of carbonyl (C=O) groups excluding carboxylic acids is 3. The van der Waals surface area contributed by atoms with Crippen molar-refractivity contribution in [2.45, 2.75) is 29.1 Å². The minimum atomic E-state index is -1.77. The molecule has 0 bridgehead atoms. The lowest BCUT2D eigenvalue weighted by molar-refractivity contribution is -0.152. The fraction of sp³-hybridized carbons (Fsp3) is 0.462. The van der Waals surface area contributed by atoms with Crippen molar-refractivity contribution in [1.29, 1.82) is 0 Å². The fourth-order valence-electron chi connectivity index (χ4n) is 2.26. The molecule has 24 heavy (non-hydrogen) atoms. The van der Waals surface area contributed by atoms with Gasteiger partial charge in [-0.05, 0) is 12.5 Å². The van der Waals surface area contributed by atoms with Crippen molar-refractivity contribution in [3.8, 4) is 0 Å². The molecular formula is C13H12Cl4N2O4S. The highest BCUT2D eigenvalue weighted by Gasteiger charge is 2.55. The Balaban J connectivity index is 2.29. The van der Waals surface area contributed by atoms with Crippen LogP contribution in [0.4, 0.5) is 0 Å². The molecule has 0 aromatic rings. The summed E-state index contributed by atoms with van der Waals surface area (Å²) < 4.78 is 3.20. The van der Waals surface area contributed by atoms with E-state index in [2.05, 4.69) is 5.32 Å². The van der Waals surface area contributed by atoms with Gasteiger partial charge in [-0.1, -0.05) is 58.2 Å². The molecule has 0 aliphatic carbocycles. The Morgan fingerprint density at radius 1 is 1.42 bits per heavy atom. The molecule has 1 N–H and O–H groups in total. The average molecular weight is 434 g/mol. The smallest absolute Gasteiger partial charge is 0.355 e. The summed E-state index contributed by atoms with van der Waals surface area (Å²) in [5.41, 5.74) is 1.79. The molecule has 6 nitrogen and oxygen atoms in total. The molecule has 1 saturated heterocycles. The maximum atomic E-state index is 12.4. The van der Waals surface area contributed by atoms with Gasteiger partial charge in [-0.15, -0.1) is 0 Å². The third kappa shape index (κ3) is 3.96. The zero-order valence-electron chi connectivity index (χ0n) is 12.4. The maximum Gasteiger partial charge on any atom is 0.355 e. The summed E-state index contributed by atoms with van der Waals surface area (Å²) in [5.74, 6) is -1.58. The van der Waals surface area contributed by atoms with Crippen LogP contribution in [0.2, 0.25) is 0 Å². The summed E-state index contributed by atoms with van der Waals surface area (Å²) in [4.78, 5) is 37.7. The topological polar surface area (TPSA) is 75.7 Å². The Hall–Kier alpha value is -0.600. The van der Waals surface area contributed by atoms with Crippen LogP contribution in [0.25, 0.3) is 0 Å². The van der Waals surface area contributed by atoms with Crippen LogP contribution in [-0.2, 0) is 19.1 Å². The summed E-state index contributed by atoms with van der Waals surface area (Å²) in [6, 6.07) is -0.747. The highest BCUT2D eigenvalue weighted by molar-refractivity contribution is 8.04. The van der Waals surface area contributed by atoms with E-state index in [9.17, 15) is 14.4 Å². The molecule has 0 saturated carbocycles. The number of hydrogen-bond donors (Lipinski definition) is 1. The number of allylic oxidation sites excluding steroid dienone is 1. The number of carbonyl (C=O) groups is 3. The predicted molar refractivity (Wildman–Crippen MR) is 93.7 cm³/mol. The Bertz CT molecular complexity index is 659. The Morgan fingerprint density at radius 2 is 2.04 bits per heavy atom. The van der Waals surface area contributed by atoms with Gasteiger partial charge in [0.05, 0.1) is 0 Å². The largest absolute Gasteiger partial charge is 0.456 e. The van der Waals surface area contributed by atoms with Crippen molar-refractivity contribution in [1.82, 2.24) is 10.2 Å². The lowest BCUT2D eigenvalue weighted by atomic mass is 10.0. The summed E-state index contributed by atoms with van der Waals surface area (Å²) >= 11 is 23.8. The normalized spacial score (nSPS) is 25.3. The molecule has 2 atom stereocenters. The van der Waals surface area contributed by atoms with Gasteiger partial charge in [0.1, 0.15) is 23.7 Å². The van der Waals surface area contributed by atoms with E-state index >= 15 is 0 Å². The van der Waals surface area contributed by atoms with Crippen molar-refractivity contribution in [2.24, 2.45) is 0 Å². The van der Waals surface area contributed by atoms with E-state index < -0.39 is 33.7 Å². The fourth-order valence-corrected chi connectivity index (χ4v) is 3.97. The standard InChI is InChI=1S/C13H12Cl4N2O4S/c1-5-7(3-14)24-11-8(18-6(2)20)10(21)19(11)9(5)12(22)23-4-13(15,16)17/h3,8,11H,4H2,1-2H3,(H,18,20)/t8?,11-/m0/s1. The minimum absolute atomic E-state index is 0.0199. The number of ether oxygens (including phenoxy) is 1. The average Bonchev–Trinajstić information content (AvgIpc) is 2.49. The molecule has 0 spiro atoms. The summed E-state index contributed by atoms with van der Waals surface area (Å²) in [7, 11) is 0. The number of nitrogens with zero attached hydrogens (tertiary/aromatic N) is 1. The number of rotatable bonds is 3. The van der Waals surface area contributed by atoms with E-state index in [1.807, 2.05) is 0 Å². The van der Waals surface area contributed by atoms with Crippen molar-refractivity contribution in [2.75, 3.05) is 6.61 Å². The Morgan fingerprint density at radius 3 is 2.54 bits per heavy atom. The molecule has 11 heteroatoms.